The average molecular weight is 485 g/mol. The second kappa shape index (κ2) is 10.1. The summed E-state index contributed by atoms with van der Waals surface area (Å²) in [6.45, 7) is 3.88. The molecule has 0 aliphatic carbocycles. The molecule has 0 unspecified atom stereocenters. The number of aromatic nitrogens is 2. The van der Waals surface area contributed by atoms with Crippen molar-refractivity contribution in [3.63, 3.8) is 0 Å². The number of ether oxygens (including phenoxy) is 2. The van der Waals surface area contributed by atoms with Crippen molar-refractivity contribution in [3.05, 3.63) is 72.3 Å². The summed E-state index contributed by atoms with van der Waals surface area (Å²) in [7, 11) is 0. The fraction of sp³-hybridized carbons (Fsp3) is 0.357. The summed E-state index contributed by atoms with van der Waals surface area (Å²) in [6.07, 6.45) is 2.64. The Morgan fingerprint density at radius 2 is 1.81 bits per heavy atom. The minimum atomic E-state index is -0.742. The number of likely N-dealkylation sites (tertiary alicyclic amines) is 1. The van der Waals surface area contributed by atoms with E-state index in [1.54, 1.807) is 23.9 Å². The van der Waals surface area contributed by atoms with Gasteiger partial charge < -0.3 is 24.3 Å². The van der Waals surface area contributed by atoms with E-state index in [1.807, 2.05) is 48.5 Å². The van der Waals surface area contributed by atoms with Crippen molar-refractivity contribution in [3.8, 4) is 34.8 Å². The lowest BCUT2D eigenvalue weighted by Gasteiger charge is -2.51. The maximum absolute atomic E-state index is 9.86. The molecule has 2 atom stereocenters. The molecule has 36 heavy (non-hydrogen) atoms. The Morgan fingerprint density at radius 1 is 1.14 bits per heavy atom. The molecule has 2 aliphatic rings. The summed E-state index contributed by atoms with van der Waals surface area (Å²) < 4.78 is 13.0. The first kappa shape index (κ1) is 24.1. The fourth-order valence-electron chi connectivity index (χ4n) is 4.42. The number of rotatable bonds is 7. The van der Waals surface area contributed by atoms with Crippen LogP contribution >= 0.6 is 0 Å². The minimum absolute atomic E-state index is 0.0845. The van der Waals surface area contributed by atoms with Crippen molar-refractivity contribution in [2.75, 3.05) is 32.9 Å². The maximum atomic E-state index is 9.86. The predicted molar refractivity (Wildman–Crippen MR) is 133 cm³/mol. The number of imidazole rings is 1. The molecule has 2 fully saturated rings. The molecule has 8 nitrogen and oxygen atoms in total. The Kier molecular flexibility index (Phi) is 6.77. The molecule has 0 saturated carbocycles. The summed E-state index contributed by atoms with van der Waals surface area (Å²) in [5, 5.41) is 29.0. The number of nitriles is 1. The first-order chi connectivity index (χ1) is 17.5. The van der Waals surface area contributed by atoms with Crippen LogP contribution in [0.25, 0.3) is 11.1 Å². The van der Waals surface area contributed by atoms with E-state index in [0.717, 1.165) is 35.5 Å². The zero-order chi connectivity index (χ0) is 25.1. The Labute approximate surface area is 210 Å². The third-order valence-electron chi connectivity index (χ3n) is 6.68. The van der Waals surface area contributed by atoms with E-state index in [4.69, 9.17) is 9.47 Å². The molecule has 1 aromatic heterocycles. The highest BCUT2D eigenvalue weighted by atomic mass is 16.5. The van der Waals surface area contributed by atoms with Gasteiger partial charge in [0.1, 0.15) is 29.8 Å². The summed E-state index contributed by atoms with van der Waals surface area (Å²) in [6, 6.07) is 17.8. The zero-order valence-electron chi connectivity index (χ0n) is 20.0. The van der Waals surface area contributed by atoms with Gasteiger partial charge in [0.05, 0.1) is 25.9 Å². The average Bonchev–Trinajstić information content (AvgIpc) is 3.33. The van der Waals surface area contributed by atoms with E-state index in [0.29, 0.717) is 19.0 Å². The Bertz CT molecular complexity index is 1290. The molecule has 184 valence electrons. The smallest absolute Gasteiger partial charge is 0.156 e. The van der Waals surface area contributed by atoms with Crippen LogP contribution in [0.1, 0.15) is 30.5 Å². The number of nitrogens with zero attached hydrogens (tertiary/aromatic N) is 4. The van der Waals surface area contributed by atoms with Crippen LogP contribution in [0.15, 0.2) is 60.9 Å². The molecular weight excluding hydrogens is 456 g/mol. The van der Waals surface area contributed by atoms with Crippen LogP contribution in [0.3, 0.4) is 0 Å². The van der Waals surface area contributed by atoms with Gasteiger partial charge in [0.2, 0.25) is 0 Å². The largest absolute Gasteiger partial charge is 0.488 e. The molecule has 3 heterocycles. The van der Waals surface area contributed by atoms with E-state index >= 15 is 0 Å². The van der Waals surface area contributed by atoms with Crippen LogP contribution in [0, 0.1) is 23.2 Å². The second-order valence-electron chi connectivity index (χ2n) is 9.22. The monoisotopic (exact) mass is 484 g/mol. The van der Waals surface area contributed by atoms with E-state index in [1.165, 1.54) is 0 Å². The highest BCUT2D eigenvalue weighted by Crippen LogP contribution is 2.31. The second-order valence-corrected chi connectivity index (χ2v) is 9.22. The third-order valence-corrected chi connectivity index (χ3v) is 6.68. The van der Waals surface area contributed by atoms with Gasteiger partial charge in [-0.15, -0.1) is 0 Å². The van der Waals surface area contributed by atoms with Crippen LogP contribution in [-0.4, -0.2) is 69.2 Å². The van der Waals surface area contributed by atoms with Crippen molar-refractivity contribution < 1.29 is 19.7 Å². The Hall–Kier alpha value is -3.66. The van der Waals surface area contributed by atoms with Crippen LogP contribution < -0.4 is 4.74 Å². The number of hydrogen-bond acceptors (Lipinski definition) is 7. The fourth-order valence-corrected chi connectivity index (χ4v) is 4.42. The van der Waals surface area contributed by atoms with Crippen LogP contribution in [0.4, 0.5) is 0 Å². The topological polar surface area (TPSA) is 104 Å². The van der Waals surface area contributed by atoms with Crippen molar-refractivity contribution in [1.82, 2.24) is 14.5 Å². The lowest BCUT2D eigenvalue weighted by Crippen LogP contribution is -2.70. The molecule has 2 saturated heterocycles. The lowest BCUT2D eigenvalue weighted by molar-refractivity contribution is -0.153. The van der Waals surface area contributed by atoms with Crippen molar-refractivity contribution >= 4 is 0 Å². The highest BCUT2D eigenvalue weighted by molar-refractivity contribution is 5.65. The molecule has 3 aromatic rings. The number of aliphatic hydroxyl groups excluding tert-OH is 2. The molecule has 0 bridgehead atoms. The lowest BCUT2D eigenvalue weighted by atomic mass is 9.92. The van der Waals surface area contributed by atoms with Gasteiger partial charge in [-0.3, -0.25) is 4.90 Å². The molecule has 0 amide bonds. The van der Waals surface area contributed by atoms with Crippen molar-refractivity contribution in [1.29, 1.82) is 5.26 Å². The van der Waals surface area contributed by atoms with Gasteiger partial charge >= 0.3 is 0 Å². The van der Waals surface area contributed by atoms with Gasteiger partial charge in [0, 0.05) is 31.0 Å². The van der Waals surface area contributed by atoms with E-state index < -0.39 is 17.7 Å². The first-order valence-electron chi connectivity index (χ1n) is 12.0. The molecule has 2 N–H and O–H groups in total. The molecule has 2 aliphatic heterocycles. The number of aliphatic hydroxyl groups is 2. The standard InChI is InChI=1S/C28H28N4O4/c1-20(34)27-30-12-13-32(27)24(16-33)9-4-21-2-5-22(6-3-21)23-7-10-25(11-8-23)36-26-14-31(15-26)28(17-29)18-35-19-28/h2-3,5-8,10-13,20,24,26,33-34H,14-16,18-19H2,1H3/t20-,24-/m0/s1. The van der Waals surface area contributed by atoms with Crippen LogP contribution in [0.5, 0.6) is 5.75 Å². The van der Waals surface area contributed by atoms with Gasteiger partial charge in [-0.25, -0.2) is 4.98 Å². The summed E-state index contributed by atoms with van der Waals surface area (Å²) in [5.74, 6) is 7.46. The van der Waals surface area contributed by atoms with E-state index in [9.17, 15) is 15.5 Å². The molecule has 0 spiro atoms. The summed E-state index contributed by atoms with van der Waals surface area (Å²) in [5.41, 5.74) is 2.50. The Morgan fingerprint density at radius 3 is 2.36 bits per heavy atom. The highest BCUT2D eigenvalue weighted by Gasteiger charge is 2.50. The predicted octanol–water partition coefficient (Wildman–Crippen LogP) is 2.54. The quantitative estimate of drug-likeness (QED) is 0.497. The molecule has 2 aromatic carbocycles. The number of hydrogen-bond donors (Lipinski definition) is 2. The minimum Gasteiger partial charge on any atom is -0.488 e. The zero-order valence-corrected chi connectivity index (χ0v) is 20.0. The summed E-state index contributed by atoms with van der Waals surface area (Å²) >= 11 is 0. The van der Waals surface area contributed by atoms with E-state index in [2.05, 4.69) is 27.8 Å². The van der Waals surface area contributed by atoms with Gasteiger partial charge in [-0.1, -0.05) is 36.1 Å². The van der Waals surface area contributed by atoms with Crippen molar-refractivity contribution in [2.45, 2.75) is 30.7 Å². The van der Waals surface area contributed by atoms with Crippen molar-refractivity contribution in [2.24, 2.45) is 0 Å². The first-order valence-corrected chi connectivity index (χ1v) is 12.0. The third kappa shape index (κ3) is 4.73. The summed E-state index contributed by atoms with van der Waals surface area (Å²) in [4.78, 5) is 6.27. The molecule has 0 radical (unpaired) electrons. The SMILES string of the molecule is C[C@H](O)c1nccn1[C@@H](C#Cc1ccc(-c2ccc(OC3CN(C4(C#N)COC4)C3)cc2)cc1)CO. The Balaban J connectivity index is 1.19. The van der Waals surface area contributed by atoms with Gasteiger partial charge in [0.15, 0.2) is 5.54 Å². The van der Waals surface area contributed by atoms with E-state index in [-0.39, 0.29) is 12.7 Å². The van der Waals surface area contributed by atoms with Gasteiger partial charge in [-0.05, 0) is 42.3 Å². The maximum Gasteiger partial charge on any atom is 0.156 e. The molecule has 5 rings (SSSR count). The van der Waals surface area contributed by atoms with Crippen LogP contribution in [-0.2, 0) is 4.74 Å². The number of benzene rings is 2. The normalized spacial score (nSPS) is 18.6. The van der Waals surface area contributed by atoms with Gasteiger partial charge in [-0.2, -0.15) is 5.26 Å². The van der Waals surface area contributed by atoms with Crippen LogP contribution in [0.2, 0.25) is 0 Å². The molecular formula is C28H28N4O4. The molecule has 8 heteroatoms. The van der Waals surface area contributed by atoms with Gasteiger partial charge in [0.25, 0.3) is 0 Å².